The molecule has 0 spiro atoms. The van der Waals surface area contributed by atoms with Crippen molar-refractivity contribution in [2.24, 2.45) is 5.73 Å². The van der Waals surface area contributed by atoms with Crippen LogP contribution in [0.2, 0.25) is 0 Å². The average molecular weight is 415 g/mol. The fourth-order valence-electron chi connectivity index (χ4n) is 2.82. The zero-order valence-corrected chi connectivity index (χ0v) is 16.3. The van der Waals surface area contributed by atoms with Crippen LogP contribution in [0.1, 0.15) is 40.0 Å². The summed E-state index contributed by atoms with van der Waals surface area (Å²) in [7, 11) is 0. The number of primary amides is 1. The van der Waals surface area contributed by atoms with Gasteiger partial charge in [-0.1, -0.05) is 36.4 Å². The Morgan fingerprint density at radius 3 is 2.47 bits per heavy atom. The number of nitrogens with zero attached hydrogens (tertiary/aromatic N) is 2. The molecule has 0 aliphatic carbocycles. The number of anilines is 3. The van der Waals surface area contributed by atoms with Crippen molar-refractivity contribution in [3.05, 3.63) is 77.0 Å². The van der Waals surface area contributed by atoms with E-state index in [1.807, 2.05) is 18.2 Å². The first-order chi connectivity index (χ1) is 14.1. The SMILES string of the molecule is Cc1ccc(C(N)=O)cc1Nc1ncc(C(F)(F)F)c(N[C@@H](C)c2ccccc2)n1. The summed E-state index contributed by atoms with van der Waals surface area (Å²) in [5.74, 6) is -1.01. The minimum atomic E-state index is -4.63. The zero-order chi connectivity index (χ0) is 21.9. The maximum Gasteiger partial charge on any atom is 0.421 e. The highest BCUT2D eigenvalue weighted by Crippen LogP contribution is 2.35. The van der Waals surface area contributed by atoms with E-state index in [4.69, 9.17) is 5.73 Å². The Kier molecular flexibility index (Phi) is 5.91. The number of rotatable bonds is 6. The molecule has 1 heterocycles. The molecule has 3 aromatic rings. The molecule has 0 aliphatic rings. The van der Waals surface area contributed by atoms with Crippen LogP contribution < -0.4 is 16.4 Å². The van der Waals surface area contributed by atoms with Crippen LogP contribution in [0.25, 0.3) is 0 Å². The third-order valence-corrected chi connectivity index (χ3v) is 4.52. The number of hydrogen-bond acceptors (Lipinski definition) is 5. The average Bonchev–Trinajstić information content (AvgIpc) is 2.69. The molecule has 30 heavy (non-hydrogen) atoms. The van der Waals surface area contributed by atoms with E-state index >= 15 is 0 Å². The lowest BCUT2D eigenvalue weighted by atomic mass is 10.1. The van der Waals surface area contributed by atoms with Crippen molar-refractivity contribution in [1.82, 2.24) is 9.97 Å². The van der Waals surface area contributed by atoms with Crippen molar-refractivity contribution in [3.8, 4) is 0 Å². The van der Waals surface area contributed by atoms with Crippen LogP contribution in [0.4, 0.5) is 30.6 Å². The summed E-state index contributed by atoms with van der Waals surface area (Å²) in [4.78, 5) is 19.3. The van der Waals surface area contributed by atoms with Crippen molar-refractivity contribution >= 4 is 23.4 Å². The van der Waals surface area contributed by atoms with E-state index in [0.29, 0.717) is 5.69 Å². The van der Waals surface area contributed by atoms with E-state index in [2.05, 4.69) is 20.6 Å². The number of aromatic nitrogens is 2. The molecule has 0 bridgehead atoms. The zero-order valence-electron chi connectivity index (χ0n) is 16.3. The quantitative estimate of drug-likeness (QED) is 0.537. The molecule has 0 radical (unpaired) electrons. The Balaban J connectivity index is 1.95. The lowest BCUT2D eigenvalue weighted by Crippen LogP contribution is -2.17. The molecule has 0 saturated carbocycles. The number of aryl methyl sites for hydroxylation is 1. The third kappa shape index (κ3) is 4.86. The fourth-order valence-corrected chi connectivity index (χ4v) is 2.82. The van der Waals surface area contributed by atoms with Gasteiger partial charge in [-0.05, 0) is 37.1 Å². The van der Waals surface area contributed by atoms with Crippen LogP contribution in [0.3, 0.4) is 0 Å². The number of nitrogens with two attached hydrogens (primary N) is 1. The van der Waals surface area contributed by atoms with Crippen LogP contribution in [0.5, 0.6) is 0 Å². The van der Waals surface area contributed by atoms with Gasteiger partial charge >= 0.3 is 6.18 Å². The van der Waals surface area contributed by atoms with E-state index in [9.17, 15) is 18.0 Å². The Bertz CT molecular complexity index is 1050. The summed E-state index contributed by atoms with van der Waals surface area (Å²) in [6.07, 6.45) is -3.90. The maximum absolute atomic E-state index is 13.5. The van der Waals surface area contributed by atoms with Gasteiger partial charge in [0.15, 0.2) is 0 Å². The van der Waals surface area contributed by atoms with E-state index < -0.39 is 23.7 Å². The third-order valence-electron chi connectivity index (χ3n) is 4.52. The topological polar surface area (TPSA) is 92.9 Å². The van der Waals surface area contributed by atoms with E-state index in [-0.39, 0.29) is 17.3 Å². The van der Waals surface area contributed by atoms with Gasteiger partial charge in [-0.25, -0.2) is 4.98 Å². The van der Waals surface area contributed by atoms with E-state index in [0.717, 1.165) is 17.3 Å². The predicted octanol–water partition coefficient (Wildman–Crippen LogP) is 4.82. The number of alkyl halides is 3. The van der Waals surface area contributed by atoms with Crippen molar-refractivity contribution < 1.29 is 18.0 Å². The summed E-state index contributed by atoms with van der Waals surface area (Å²) in [5, 5.41) is 5.68. The van der Waals surface area contributed by atoms with E-state index in [1.165, 1.54) is 6.07 Å². The molecular formula is C21H20F3N5O. The molecular weight excluding hydrogens is 395 g/mol. The summed E-state index contributed by atoms with van der Waals surface area (Å²) in [6, 6.07) is 13.4. The lowest BCUT2D eigenvalue weighted by molar-refractivity contribution is -0.137. The molecule has 6 nitrogen and oxygen atoms in total. The van der Waals surface area contributed by atoms with Crippen molar-refractivity contribution in [3.63, 3.8) is 0 Å². The first-order valence-electron chi connectivity index (χ1n) is 9.08. The number of carbonyl (C=O) groups excluding carboxylic acids is 1. The Morgan fingerprint density at radius 2 is 1.83 bits per heavy atom. The van der Waals surface area contributed by atoms with Gasteiger partial charge in [0, 0.05) is 23.5 Å². The standard InChI is InChI=1S/C21H20F3N5O/c1-12-8-9-15(18(25)30)10-17(12)28-20-26-11-16(21(22,23)24)19(29-20)27-13(2)14-6-4-3-5-7-14/h3-11,13H,1-2H3,(H2,25,30)(H2,26,27,28,29)/t13-/m0/s1. The highest BCUT2D eigenvalue weighted by molar-refractivity contribution is 5.94. The molecule has 1 atom stereocenters. The summed E-state index contributed by atoms with van der Waals surface area (Å²) in [6.45, 7) is 3.51. The lowest BCUT2D eigenvalue weighted by Gasteiger charge is -2.19. The Labute approximate surface area is 171 Å². The number of carbonyl (C=O) groups is 1. The molecule has 156 valence electrons. The van der Waals surface area contributed by atoms with Gasteiger partial charge in [-0.2, -0.15) is 18.2 Å². The minimum Gasteiger partial charge on any atom is -0.366 e. The van der Waals surface area contributed by atoms with Gasteiger partial charge in [-0.15, -0.1) is 0 Å². The van der Waals surface area contributed by atoms with Gasteiger partial charge in [-0.3, -0.25) is 4.79 Å². The minimum absolute atomic E-state index is 0.0458. The highest BCUT2D eigenvalue weighted by Gasteiger charge is 2.35. The van der Waals surface area contributed by atoms with Crippen molar-refractivity contribution in [2.45, 2.75) is 26.1 Å². The first kappa shape index (κ1) is 21.1. The number of hydrogen-bond donors (Lipinski definition) is 3. The van der Waals surface area contributed by atoms with Gasteiger partial charge < -0.3 is 16.4 Å². The van der Waals surface area contributed by atoms with E-state index in [1.54, 1.807) is 38.1 Å². The number of amides is 1. The van der Waals surface area contributed by atoms with Gasteiger partial charge in [0.2, 0.25) is 11.9 Å². The van der Waals surface area contributed by atoms with Gasteiger partial charge in [0.05, 0.1) is 0 Å². The molecule has 1 aromatic heterocycles. The Morgan fingerprint density at radius 1 is 1.13 bits per heavy atom. The number of halogens is 3. The maximum atomic E-state index is 13.5. The van der Waals surface area contributed by atoms with Crippen molar-refractivity contribution in [2.75, 3.05) is 10.6 Å². The molecule has 0 fully saturated rings. The first-order valence-corrected chi connectivity index (χ1v) is 9.08. The molecule has 3 rings (SSSR count). The number of benzene rings is 2. The Hall–Kier alpha value is -3.62. The van der Waals surface area contributed by atoms with Crippen molar-refractivity contribution in [1.29, 1.82) is 0 Å². The largest absolute Gasteiger partial charge is 0.421 e. The highest BCUT2D eigenvalue weighted by atomic mass is 19.4. The van der Waals surface area contributed by atoms with Crippen LogP contribution in [0.15, 0.2) is 54.7 Å². The van der Waals surface area contributed by atoms with Crippen LogP contribution >= 0.6 is 0 Å². The van der Waals surface area contributed by atoms with Gasteiger partial charge in [0.25, 0.3) is 0 Å². The fraction of sp³-hybridized carbons (Fsp3) is 0.190. The smallest absolute Gasteiger partial charge is 0.366 e. The summed E-state index contributed by atoms with van der Waals surface area (Å²) < 4.78 is 40.4. The summed E-state index contributed by atoms with van der Waals surface area (Å²) in [5.41, 5.74) is 6.60. The second kappa shape index (κ2) is 8.40. The molecule has 1 amide bonds. The molecule has 0 saturated heterocycles. The molecule has 0 aliphatic heterocycles. The molecule has 4 N–H and O–H groups in total. The second-order valence-electron chi connectivity index (χ2n) is 6.75. The monoisotopic (exact) mass is 415 g/mol. The number of nitrogens with one attached hydrogen (secondary N) is 2. The predicted molar refractivity (Wildman–Crippen MR) is 108 cm³/mol. The van der Waals surface area contributed by atoms with Crippen LogP contribution in [-0.2, 0) is 6.18 Å². The summed E-state index contributed by atoms with van der Waals surface area (Å²) >= 11 is 0. The second-order valence-corrected chi connectivity index (χ2v) is 6.75. The normalized spacial score (nSPS) is 12.3. The van der Waals surface area contributed by atoms with Gasteiger partial charge in [0.1, 0.15) is 11.4 Å². The molecule has 0 unspecified atom stereocenters. The molecule has 9 heteroatoms. The van der Waals surface area contributed by atoms with Crippen LogP contribution in [-0.4, -0.2) is 15.9 Å². The van der Waals surface area contributed by atoms with Crippen LogP contribution in [0, 0.1) is 6.92 Å². The molecule has 2 aromatic carbocycles.